The van der Waals surface area contributed by atoms with Crippen molar-refractivity contribution in [1.82, 2.24) is 9.97 Å². The third kappa shape index (κ3) is 2.17. The summed E-state index contributed by atoms with van der Waals surface area (Å²) >= 11 is 6.26. The maximum Gasteiger partial charge on any atom is 0.265 e. The van der Waals surface area contributed by atoms with Gasteiger partial charge in [-0.2, -0.15) is 5.26 Å². The second-order valence-corrected chi connectivity index (χ2v) is 3.71. The van der Waals surface area contributed by atoms with Crippen LogP contribution in [-0.4, -0.2) is 15.3 Å². The molecule has 13 heavy (non-hydrogen) atoms. The van der Waals surface area contributed by atoms with Crippen molar-refractivity contribution in [2.45, 2.75) is 5.92 Å². The van der Waals surface area contributed by atoms with Gasteiger partial charge >= 0.3 is 0 Å². The second kappa shape index (κ2) is 4.53. The topological polar surface area (TPSA) is 69.5 Å². The minimum absolute atomic E-state index is 0.272. The molecule has 0 radical (unpaired) electrons. The molecule has 0 spiro atoms. The maximum absolute atomic E-state index is 11.1. The fourth-order valence-corrected chi connectivity index (χ4v) is 1.75. The minimum atomic E-state index is -0.406. The van der Waals surface area contributed by atoms with E-state index in [1.165, 1.54) is 6.33 Å². The number of nitrogens with zero attached hydrogens (tertiary/aromatic N) is 2. The third-order valence-corrected chi connectivity index (χ3v) is 2.88. The van der Waals surface area contributed by atoms with Gasteiger partial charge in [0.15, 0.2) is 0 Å². The number of nitrogens with one attached hydrogen (secondary N) is 1. The van der Waals surface area contributed by atoms with E-state index in [0.29, 0.717) is 15.5 Å². The number of rotatable bonds is 2. The Labute approximate surface area is 91.3 Å². The third-order valence-electron chi connectivity index (χ3n) is 1.46. The number of aromatic nitrogens is 2. The zero-order chi connectivity index (χ0) is 9.84. The van der Waals surface area contributed by atoms with Gasteiger partial charge in [0.1, 0.15) is 4.47 Å². The zero-order valence-corrected chi connectivity index (χ0v) is 9.59. The molecule has 1 atom stereocenters. The van der Waals surface area contributed by atoms with E-state index in [4.69, 9.17) is 5.26 Å². The Morgan fingerprint density at radius 1 is 1.77 bits per heavy atom. The smallest absolute Gasteiger partial charge is 0.265 e. The summed E-state index contributed by atoms with van der Waals surface area (Å²) in [4.78, 5) is 17.4. The van der Waals surface area contributed by atoms with Crippen LogP contribution in [0.3, 0.4) is 0 Å². The van der Waals surface area contributed by atoms with Gasteiger partial charge in [0.25, 0.3) is 5.56 Å². The minimum Gasteiger partial charge on any atom is -0.312 e. The molecule has 0 saturated carbocycles. The molecule has 1 heterocycles. The molecule has 0 aliphatic rings. The lowest BCUT2D eigenvalue weighted by Gasteiger charge is -2.04. The van der Waals surface area contributed by atoms with Gasteiger partial charge in [-0.05, 0) is 15.9 Å². The molecule has 1 rings (SSSR count). The first kappa shape index (κ1) is 10.4. The summed E-state index contributed by atoms with van der Waals surface area (Å²) in [6.45, 7) is 0. The predicted octanol–water partition coefficient (Wildman–Crippen LogP) is 1.53. The van der Waals surface area contributed by atoms with Crippen LogP contribution in [0.1, 0.15) is 11.6 Å². The van der Waals surface area contributed by atoms with Gasteiger partial charge < -0.3 is 4.98 Å². The van der Waals surface area contributed by atoms with Gasteiger partial charge in [-0.15, -0.1) is 0 Å². The monoisotopic (exact) mass is 305 g/mol. The Kier molecular flexibility index (Phi) is 3.63. The van der Waals surface area contributed by atoms with E-state index in [-0.39, 0.29) is 5.56 Å². The van der Waals surface area contributed by atoms with Crippen LogP contribution in [0.4, 0.5) is 0 Å². The molecule has 0 aliphatic carbocycles. The van der Waals surface area contributed by atoms with Crippen molar-refractivity contribution in [2.24, 2.45) is 0 Å². The van der Waals surface area contributed by atoms with Crippen molar-refractivity contribution in [3.05, 3.63) is 26.8 Å². The highest BCUT2D eigenvalue weighted by molar-refractivity contribution is 9.10. The summed E-state index contributed by atoms with van der Waals surface area (Å²) in [7, 11) is 0. The Morgan fingerprint density at radius 2 is 2.46 bits per heavy atom. The molecule has 0 aliphatic heterocycles. The highest BCUT2D eigenvalue weighted by Crippen LogP contribution is 2.20. The highest BCUT2D eigenvalue weighted by atomic mass is 79.9. The number of aromatic amines is 1. The van der Waals surface area contributed by atoms with Crippen molar-refractivity contribution in [1.29, 1.82) is 5.26 Å². The summed E-state index contributed by atoms with van der Waals surface area (Å²) in [5, 5.41) is 9.20. The molecule has 1 unspecified atom stereocenters. The molecular formula is C7H5Br2N3O. The van der Waals surface area contributed by atoms with Gasteiger partial charge in [0.2, 0.25) is 0 Å². The van der Waals surface area contributed by atoms with E-state index in [9.17, 15) is 4.79 Å². The number of H-pyrrole nitrogens is 1. The standard InChI is InChI=1S/C7H5Br2N3O/c8-1-4(2-10)6-5(9)7(13)12-3-11-6/h3-4H,1H2,(H,11,12,13). The van der Waals surface area contributed by atoms with Crippen molar-refractivity contribution in [2.75, 3.05) is 5.33 Å². The fraction of sp³-hybridized carbons (Fsp3) is 0.286. The Bertz CT molecular complexity index is 395. The predicted molar refractivity (Wildman–Crippen MR) is 54.7 cm³/mol. The molecule has 1 aromatic heterocycles. The molecular weight excluding hydrogens is 302 g/mol. The van der Waals surface area contributed by atoms with Crippen molar-refractivity contribution < 1.29 is 0 Å². The van der Waals surface area contributed by atoms with Crippen molar-refractivity contribution in [3.63, 3.8) is 0 Å². The lowest BCUT2D eigenvalue weighted by Crippen LogP contribution is -2.13. The van der Waals surface area contributed by atoms with Crippen LogP contribution < -0.4 is 5.56 Å². The van der Waals surface area contributed by atoms with E-state index in [1.807, 2.05) is 6.07 Å². The number of hydrogen-bond acceptors (Lipinski definition) is 3. The van der Waals surface area contributed by atoms with Crippen LogP contribution in [0.15, 0.2) is 15.6 Å². The normalized spacial score (nSPS) is 12.1. The van der Waals surface area contributed by atoms with Gasteiger partial charge in [0.05, 0.1) is 24.0 Å². The average Bonchev–Trinajstić information content (AvgIpc) is 2.14. The summed E-state index contributed by atoms with van der Waals surface area (Å²) < 4.78 is 0.320. The lowest BCUT2D eigenvalue weighted by molar-refractivity contribution is 0.896. The van der Waals surface area contributed by atoms with Gasteiger partial charge in [-0.1, -0.05) is 15.9 Å². The fourth-order valence-electron chi connectivity index (χ4n) is 0.808. The number of hydrogen-bond donors (Lipinski definition) is 1. The van der Waals surface area contributed by atoms with E-state index in [1.54, 1.807) is 0 Å². The number of nitriles is 1. The average molecular weight is 307 g/mol. The first-order valence-electron chi connectivity index (χ1n) is 3.39. The van der Waals surface area contributed by atoms with Gasteiger partial charge in [0, 0.05) is 5.33 Å². The zero-order valence-electron chi connectivity index (χ0n) is 6.42. The second-order valence-electron chi connectivity index (χ2n) is 2.27. The molecule has 68 valence electrons. The van der Waals surface area contributed by atoms with Crippen LogP contribution >= 0.6 is 31.9 Å². The SMILES string of the molecule is N#CC(CBr)c1nc[nH]c(=O)c1Br. The largest absolute Gasteiger partial charge is 0.312 e. The first-order valence-corrected chi connectivity index (χ1v) is 5.30. The Balaban J connectivity index is 3.23. The van der Waals surface area contributed by atoms with Crippen molar-refractivity contribution in [3.8, 4) is 6.07 Å². The van der Waals surface area contributed by atoms with E-state index >= 15 is 0 Å². The number of alkyl halides is 1. The summed E-state index contributed by atoms with van der Waals surface area (Å²) in [5.41, 5.74) is 0.189. The molecule has 0 amide bonds. The quantitative estimate of drug-likeness (QED) is 0.843. The molecule has 4 nitrogen and oxygen atoms in total. The van der Waals surface area contributed by atoms with Crippen LogP contribution in [0.25, 0.3) is 0 Å². The van der Waals surface area contributed by atoms with Crippen LogP contribution in [0, 0.1) is 11.3 Å². The molecule has 0 saturated heterocycles. The molecule has 1 N–H and O–H groups in total. The Morgan fingerprint density at radius 3 is 3.00 bits per heavy atom. The molecule has 0 fully saturated rings. The highest BCUT2D eigenvalue weighted by Gasteiger charge is 2.15. The van der Waals surface area contributed by atoms with Gasteiger partial charge in [-0.25, -0.2) is 4.98 Å². The van der Waals surface area contributed by atoms with Crippen molar-refractivity contribution >= 4 is 31.9 Å². The Hall–Kier alpha value is -0.670. The lowest BCUT2D eigenvalue weighted by atomic mass is 10.1. The van der Waals surface area contributed by atoms with E-state index in [2.05, 4.69) is 41.8 Å². The van der Waals surface area contributed by atoms with E-state index < -0.39 is 5.92 Å². The number of halogens is 2. The van der Waals surface area contributed by atoms with Crippen LogP contribution in [0.5, 0.6) is 0 Å². The maximum atomic E-state index is 11.1. The van der Waals surface area contributed by atoms with Crippen LogP contribution in [0.2, 0.25) is 0 Å². The van der Waals surface area contributed by atoms with E-state index in [0.717, 1.165) is 0 Å². The molecule has 0 aromatic carbocycles. The summed E-state index contributed by atoms with van der Waals surface area (Å²) in [5.74, 6) is -0.406. The molecule has 6 heteroatoms. The summed E-state index contributed by atoms with van der Waals surface area (Å²) in [6, 6.07) is 2.04. The molecule has 1 aromatic rings. The first-order chi connectivity index (χ1) is 6.20. The molecule has 0 bridgehead atoms. The summed E-state index contributed by atoms with van der Waals surface area (Å²) in [6.07, 6.45) is 1.29. The van der Waals surface area contributed by atoms with Crippen LogP contribution in [-0.2, 0) is 0 Å². The van der Waals surface area contributed by atoms with Gasteiger partial charge in [-0.3, -0.25) is 4.79 Å².